The molecule has 2 aromatic carbocycles. The number of aliphatic hydroxyl groups is 1. The molecule has 150 valence electrons. The zero-order chi connectivity index (χ0) is 20.1. The molecule has 1 nitrogen and oxygen atoms in total. The molecule has 0 spiro atoms. The third-order valence-corrected chi connectivity index (χ3v) is 6.37. The monoisotopic (exact) mass is 376 g/mol. The van der Waals surface area contributed by atoms with E-state index in [1.165, 1.54) is 65.5 Å². The Morgan fingerprint density at radius 2 is 1.86 bits per heavy atom. The van der Waals surface area contributed by atoms with Crippen LogP contribution < -0.4 is 0 Å². The normalized spacial score (nSPS) is 15.7. The van der Waals surface area contributed by atoms with Crippen molar-refractivity contribution in [3.8, 4) is 11.1 Å². The smallest absolute Gasteiger partial charge is 0.0764 e. The lowest BCUT2D eigenvalue weighted by Gasteiger charge is -2.17. The van der Waals surface area contributed by atoms with Crippen LogP contribution in [0.25, 0.3) is 11.1 Å². The zero-order valence-corrected chi connectivity index (χ0v) is 17.9. The highest BCUT2D eigenvalue weighted by Gasteiger charge is 2.16. The molecule has 1 atom stereocenters. The molecular weight excluding hydrogens is 340 g/mol. The fourth-order valence-corrected chi connectivity index (χ4v) is 4.70. The van der Waals surface area contributed by atoms with Gasteiger partial charge in [-0.2, -0.15) is 0 Å². The Labute approximate surface area is 171 Å². The minimum Gasteiger partial charge on any atom is -0.389 e. The highest BCUT2D eigenvalue weighted by Crippen LogP contribution is 2.33. The van der Waals surface area contributed by atoms with E-state index < -0.39 is 6.10 Å². The van der Waals surface area contributed by atoms with Crippen LogP contribution >= 0.6 is 0 Å². The molecule has 3 rings (SSSR count). The first-order chi connectivity index (χ1) is 13.5. The Bertz CT molecular complexity index is 809. The molecule has 0 amide bonds. The van der Waals surface area contributed by atoms with Crippen LogP contribution in [0, 0.1) is 12.8 Å². The summed E-state index contributed by atoms with van der Waals surface area (Å²) >= 11 is 0. The van der Waals surface area contributed by atoms with E-state index in [1.807, 2.05) is 6.92 Å². The first kappa shape index (κ1) is 20.9. The number of aryl methyl sites for hydroxylation is 2. The fourth-order valence-electron chi connectivity index (χ4n) is 4.70. The predicted octanol–water partition coefficient (Wildman–Crippen LogP) is 7.35. The van der Waals surface area contributed by atoms with Gasteiger partial charge >= 0.3 is 0 Å². The SMILES string of the molecule is C=C(CCC1CCCC1)Cc1cc(C)ccc1-c1ccc(C(C)O)c(CC)c1. The summed E-state index contributed by atoms with van der Waals surface area (Å²) < 4.78 is 0. The van der Waals surface area contributed by atoms with E-state index in [9.17, 15) is 5.11 Å². The van der Waals surface area contributed by atoms with E-state index in [0.29, 0.717) is 0 Å². The highest BCUT2D eigenvalue weighted by molar-refractivity contribution is 5.69. The van der Waals surface area contributed by atoms with Crippen molar-refractivity contribution in [2.24, 2.45) is 5.92 Å². The van der Waals surface area contributed by atoms with Gasteiger partial charge in [-0.3, -0.25) is 0 Å². The second-order valence-corrected chi connectivity index (χ2v) is 8.72. The summed E-state index contributed by atoms with van der Waals surface area (Å²) in [5.74, 6) is 0.925. The van der Waals surface area contributed by atoms with Crippen LogP contribution in [0.15, 0.2) is 48.6 Å². The average Bonchev–Trinajstić information content (AvgIpc) is 3.19. The second-order valence-electron chi connectivity index (χ2n) is 8.72. The van der Waals surface area contributed by atoms with E-state index in [0.717, 1.165) is 30.7 Å². The van der Waals surface area contributed by atoms with Gasteiger partial charge in [-0.25, -0.2) is 0 Å². The lowest BCUT2D eigenvalue weighted by atomic mass is 9.89. The van der Waals surface area contributed by atoms with E-state index >= 15 is 0 Å². The third-order valence-electron chi connectivity index (χ3n) is 6.37. The van der Waals surface area contributed by atoms with Gasteiger partial charge in [-0.1, -0.05) is 86.7 Å². The first-order valence-electron chi connectivity index (χ1n) is 11.0. The number of hydrogen-bond donors (Lipinski definition) is 1. The second kappa shape index (κ2) is 9.56. The molecule has 0 aliphatic heterocycles. The molecule has 0 radical (unpaired) electrons. The van der Waals surface area contributed by atoms with Gasteiger partial charge < -0.3 is 5.11 Å². The molecule has 28 heavy (non-hydrogen) atoms. The van der Waals surface area contributed by atoms with Crippen molar-refractivity contribution >= 4 is 0 Å². The van der Waals surface area contributed by atoms with Crippen molar-refractivity contribution in [3.05, 3.63) is 70.8 Å². The van der Waals surface area contributed by atoms with E-state index in [4.69, 9.17) is 0 Å². The first-order valence-corrected chi connectivity index (χ1v) is 11.0. The standard InChI is InChI=1S/C27H36O/c1-5-23-18-24(13-15-26(23)21(4)28)27-14-11-20(3)17-25(27)16-19(2)10-12-22-8-6-7-9-22/h11,13-15,17-18,21-22,28H,2,5-10,12,16H2,1,3-4H3. The summed E-state index contributed by atoms with van der Waals surface area (Å²) in [6.07, 6.45) is 9.60. The minimum absolute atomic E-state index is 0.420. The lowest BCUT2D eigenvalue weighted by Crippen LogP contribution is -2.00. The molecule has 1 N–H and O–H groups in total. The number of aliphatic hydroxyl groups excluding tert-OH is 1. The molecule has 0 heterocycles. The van der Waals surface area contributed by atoms with Crippen LogP contribution in [-0.2, 0) is 12.8 Å². The molecule has 1 unspecified atom stereocenters. The summed E-state index contributed by atoms with van der Waals surface area (Å²) in [4.78, 5) is 0. The van der Waals surface area contributed by atoms with Crippen LogP contribution in [0.1, 0.15) is 80.7 Å². The van der Waals surface area contributed by atoms with E-state index in [2.05, 4.69) is 56.8 Å². The summed E-state index contributed by atoms with van der Waals surface area (Å²) in [6, 6.07) is 13.3. The van der Waals surface area contributed by atoms with Gasteiger partial charge in [0.1, 0.15) is 0 Å². The van der Waals surface area contributed by atoms with Crippen molar-refractivity contribution in [3.63, 3.8) is 0 Å². The van der Waals surface area contributed by atoms with Crippen molar-refractivity contribution in [2.45, 2.75) is 78.2 Å². The summed E-state index contributed by atoms with van der Waals surface area (Å²) in [6.45, 7) is 10.6. The Hall–Kier alpha value is -1.86. The van der Waals surface area contributed by atoms with Gasteiger partial charge in [0.2, 0.25) is 0 Å². The average molecular weight is 377 g/mol. The van der Waals surface area contributed by atoms with Crippen molar-refractivity contribution in [1.82, 2.24) is 0 Å². The summed E-state index contributed by atoms with van der Waals surface area (Å²) in [5, 5.41) is 10.0. The molecule has 1 aliphatic rings. The van der Waals surface area contributed by atoms with Gasteiger partial charge in [0.25, 0.3) is 0 Å². The van der Waals surface area contributed by atoms with Crippen LogP contribution in [0.3, 0.4) is 0 Å². The Morgan fingerprint density at radius 3 is 2.54 bits per heavy atom. The van der Waals surface area contributed by atoms with Crippen LogP contribution in [-0.4, -0.2) is 5.11 Å². The maximum Gasteiger partial charge on any atom is 0.0764 e. The Balaban J connectivity index is 1.81. The quantitative estimate of drug-likeness (QED) is 0.478. The topological polar surface area (TPSA) is 20.2 Å². The van der Waals surface area contributed by atoms with Gasteiger partial charge in [0, 0.05) is 0 Å². The number of allylic oxidation sites excluding steroid dienone is 1. The molecule has 1 heteroatoms. The van der Waals surface area contributed by atoms with Crippen molar-refractivity contribution < 1.29 is 5.11 Å². The third kappa shape index (κ3) is 5.14. The molecule has 1 aliphatic carbocycles. The van der Waals surface area contributed by atoms with Crippen molar-refractivity contribution in [1.29, 1.82) is 0 Å². The van der Waals surface area contributed by atoms with Crippen molar-refractivity contribution in [2.75, 3.05) is 0 Å². The van der Waals surface area contributed by atoms with Gasteiger partial charge in [-0.15, -0.1) is 0 Å². The van der Waals surface area contributed by atoms with Gasteiger partial charge in [-0.05, 0) is 73.3 Å². The predicted molar refractivity (Wildman–Crippen MR) is 121 cm³/mol. The van der Waals surface area contributed by atoms with E-state index in [-0.39, 0.29) is 0 Å². The van der Waals surface area contributed by atoms with Crippen LogP contribution in [0.2, 0.25) is 0 Å². The lowest BCUT2D eigenvalue weighted by molar-refractivity contribution is 0.198. The highest BCUT2D eigenvalue weighted by atomic mass is 16.3. The van der Waals surface area contributed by atoms with Crippen LogP contribution in [0.5, 0.6) is 0 Å². The van der Waals surface area contributed by atoms with Crippen LogP contribution in [0.4, 0.5) is 0 Å². The Morgan fingerprint density at radius 1 is 1.11 bits per heavy atom. The molecule has 1 saturated carbocycles. The number of hydrogen-bond acceptors (Lipinski definition) is 1. The van der Waals surface area contributed by atoms with Gasteiger partial charge in [0.15, 0.2) is 0 Å². The fraction of sp³-hybridized carbons (Fsp3) is 0.481. The summed E-state index contributed by atoms with van der Waals surface area (Å²) in [5.41, 5.74) is 8.87. The minimum atomic E-state index is -0.420. The largest absolute Gasteiger partial charge is 0.389 e. The molecule has 0 aromatic heterocycles. The number of rotatable bonds is 8. The maximum atomic E-state index is 10.0. The molecular formula is C27H36O. The maximum absolute atomic E-state index is 10.0. The molecule has 1 fully saturated rings. The number of benzene rings is 2. The van der Waals surface area contributed by atoms with E-state index in [1.54, 1.807) is 0 Å². The van der Waals surface area contributed by atoms with Gasteiger partial charge in [0.05, 0.1) is 6.10 Å². The Kier molecular flexibility index (Phi) is 7.13. The molecule has 0 saturated heterocycles. The molecule has 2 aromatic rings. The molecule has 0 bridgehead atoms. The zero-order valence-electron chi connectivity index (χ0n) is 17.9. The summed E-state index contributed by atoms with van der Waals surface area (Å²) in [7, 11) is 0.